The number of nitrogens with one attached hydrogen (secondary N) is 1. The largest absolute Gasteiger partial charge is 0.351 e. The van der Waals surface area contributed by atoms with Crippen molar-refractivity contribution in [2.45, 2.75) is 38.6 Å². The maximum absolute atomic E-state index is 11.8. The van der Waals surface area contributed by atoms with Gasteiger partial charge in [-0.25, -0.2) is 0 Å². The summed E-state index contributed by atoms with van der Waals surface area (Å²) in [5.74, 6) is 0.207. The van der Waals surface area contributed by atoms with Crippen molar-refractivity contribution in [2.24, 2.45) is 5.73 Å². The Morgan fingerprint density at radius 3 is 2.69 bits per heavy atom. The van der Waals surface area contributed by atoms with Gasteiger partial charge in [0.1, 0.15) is 0 Å². The lowest BCUT2D eigenvalue weighted by Crippen LogP contribution is -2.41. The summed E-state index contributed by atoms with van der Waals surface area (Å²) < 4.78 is 0. The first-order chi connectivity index (χ1) is 7.42. The molecule has 0 aliphatic rings. The second kappa shape index (κ2) is 5.46. The van der Waals surface area contributed by atoms with E-state index in [1.807, 2.05) is 38.3 Å². The van der Waals surface area contributed by atoms with Gasteiger partial charge in [-0.2, -0.15) is 0 Å². The van der Waals surface area contributed by atoms with E-state index >= 15 is 0 Å². The van der Waals surface area contributed by atoms with Crippen LogP contribution in [-0.2, 0) is 4.79 Å². The van der Waals surface area contributed by atoms with Crippen LogP contribution in [-0.4, -0.2) is 18.0 Å². The second-order valence-electron chi connectivity index (χ2n) is 4.95. The fourth-order valence-corrected chi connectivity index (χ4v) is 2.36. The molecule has 0 aliphatic carbocycles. The number of hydrogen-bond donors (Lipinski definition) is 2. The number of nitrogens with two attached hydrogens (primary N) is 1. The van der Waals surface area contributed by atoms with E-state index in [4.69, 9.17) is 5.73 Å². The van der Waals surface area contributed by atoms with Crippen LogP contribution in [0.2, 0.25) is 0 Å². The van der Waals surface area contributed by atoms with Crippen molar-refractivity contribution in [1.82, 2.24) is 5.32 Å². The Morgan fingerprint density at radius 2 is 2.25 bits per heavy atom. The average Bonchev–Trinajstić information content (AvgIpc) is 2.63. The van der Waals surface area contributed by atoms with Crippen molar-refractivity contribution in [1.29, 1.82) is 0 Å². The minimum atomic E-state index is -0.175. The molecule has 0 radical (unpaired) electrons. The van der Waals surface area contributed by atoms with Gasteiger partial charge in [0.25, 0.3) is 0 Å². The molecule has 3 nitrogen and oxygen atoms in total. The van der Waals surface area contributed by atoms with Crippen LogP contribution in [0.15, 0.2) is 17.5 Å². The van der Waals surface area contributed by atoms with Crippen molar-refractivity contribution in [3.63, 3.8) is 0 Å². The Hall–Kier alpha value is -0.870. The molecular formula is C12H20N2OS. The Kier molecular flexibility index (Phi) is 4.50. The highest BCUT2D eigenvalue weighted by atomic mass is 32.1. The Balaban J connectivity index is 2.55. The second-order valence-corrected chi connectivity index (χ2v) is 5.93. The first-order valence-electron chi connectivity index (χ1n) is 5.47. The monoisotopic (exact) mass is 240 g/mol. The number of thiophene rings is 1. The summed E-state index contributed by atoms with van der Waals surface area (Å²) in [6.45, 7) is 6.45. The molecule has 1 amide bonds. The molecule has 1 unspecified atom stereocenters. The smallest absolute Gasteiger partial charge is 0.221 e. The molecule has 0 fully saturated rings. The summed E-state index contributed by atoms with van der Waals surface area (Å²) in [4.78, 5) is 12.9. The first kappa shape index (κ1) is 13.2. The fraction of sp³-hybridized carbons (Fsp3) is 0.583. The van der Waals surface area contributed by atoms with Crippen molar-refractivity contribution in [2.75, 3.05) is 6.54 Å². The third-order valence-corrected chi connectivity index (χ3v) is 3.21. The van der Waals surface area contributed by atoms with Gasteiger partial charge in [-0.15, -0.1) is 11.3 Å². The Bertz CT molecular complexity index is 327. The van der Waals surface area contributed by atoms with Gasteiger partial charge in [0, 0.05) is 29.3 Å². The predicted molar refractivity (Wildman–Crippen MR) is 68.6 cm³/mol. The number of carbonyl (C=O) groups is 1. The lowest BCUT2D eigenvalue weighted by molar-refractivity contribution is -0.122. The van der Waals surface area contributed by atoms with Crippen LogP contribution in [0.4, 0.5) is 0 Å². The molecule has 0 saturated carbocycles. The highest BCUT2D eigenvalue weighted by Crippen LogP contribution is 2.23. The number of carbonyl (C=O) groups excluding carboxylic acids is 1. The topological polar surface area (TPSA) is 55.1 Å². The van der Waals surface area contributed by atoms with Gasteiger partial charge in [-0.1, -0.05) is 6.07 Å². The van der Waals surface area contributed by atoms with Gasteiger partial charge < -0.3 is 11.1 Å². The molecule has 1 heterocycles. The molecule has 0 aliphatic heterocycles. The van der Waals surface area contributed by atoms with E-state index in [0.29, 0.717) is 13.0 Å². The van der Waals surface area contributed by atoms with Gasteiger partial charge in [0.05, 0.1) is 0 Å². The number of amides is 1. The quantitative estimate of drug-likeness (QED) is 0.846. The minimum Gasteiger partial charge on any atom is -0.351 e. The minimum absolute atomic E-state index is 0.0661. The van der Waals surface area contributed by atoms with E-state index in [1.54, 1.807) is 11.3 Å². The zero-order valence-corrected chi connectivity index (χ0v) is 10.9. The van der Waals surface area contributed by atoms with Crippen LogP contribution >= 0.6 is 11.3 Å². The molecule has 4 heteroatoms. The predicted octanol–water partition coefficient (Wildman–Crippen LogP) is 2.10. The van der Waals surface area contributed by atoms with Crippen molar-refractivity contribution < 1.29 is 4.79 Å². The van der Waals surface area contributed by atoms with Crippen molar-refractivity contribution in [3.05, 3.63) is 22.4 Å². The molecule has 0 saturated heterocycles. The van der Waals surface area contributed by atoms with Crippen molar-refractivity contribution >= 4 is 17.2 Å². The zero-order valence-electron chi connectivity index (χ0n) is 10.1. The third-order valence-electron chi connectivity index (χ3n) is 2.18. The number of rotatable bonds is 4. The maximum atomic E-state index is 11.8. The molecule has 1 aromatic rings. The Labute approximate surface area is 101 Å². The molecule has 3 N–H and O–H groups in total. The van der Waals surface area contributed by atoms with Crippen LogP contribution in [0.5, 0.6) is 0 Å². The molecule has 90 valence electrons. The van der Waals surface area contributed by atoms with E-state index in [-0.39, 0.29) is 17.4 Å². The SMILES string of the molecule is CC(C)(C)NC(=O)CC(CN)c1cccs1. The summed E-state index contributed by atoms with van der Waals surface area (Å²) in [7, 11) is 0. The lowest BCUT2D eigenvalue weighted by Gasteiger charge is -2.22. The van der Waals surface area contributed by atoms with E-state index in [0.717, 1.165) is 0 Å². The zero-order chi connectivity index (χ0) is 12.2. The highest BCUT2D eigenvalue weighted by molar-refractivity contribution is 7.10. The summed E-state index contributed by atoms with van der Waals surface area (Å²) in [5.41, 5.74) is 5.53. The number of hydrogen-bond acceptors (Lipinski definition) is 3. The van der Waals surface area contributed by atoms with Gasteiger partial charge >= 0.3 is 0 Å². The van der Waals surface area contributed by atoms with Gasteiger partial charge in [0.2, 0.25) is 5.91 Å². The van der Waals surface area contributed by atoms with Crippen LogP contribution in [0.25, 0.3) is 0 Å². The summed E-state index contributed by atoms with van der Waals surface area (Å²) in [6.07, 6.45) is 0.467. The summed E-state index contributed by atoms with van der Waals surface area (Å²) in [5, 5.41) is 4.97. The van der Waals surface area contributed by atoms with Crippen LogP contribution < -0.4 is 11.1 Å². The molecular weight excluding hydrogens is 220 g/mol. The van der Waals surface area contributed by atoms with E-state index in [9.17, 15) is 4.79 Å². The third kappa shape index (κ3) is 4.33. The van der Waals surface area contributed by atoms with E-state index in [2.05, 4.69) is 5.32 Å². The summed E-state index contributed by atoms with van der Waals surface area (Å²) in [6, 6.07) is 4.02. The van der Waals surface area contributed by atoms with Gasteiger partial charge in [0.15, 0.2) is 0 Å². The molecule has 1 aromatic heterocycles. The molecule has 0 bridgehead atoms. The van der Waals surface area contributed by atoms with Crippen LogP contribution in [0, 0.1) is 0 Å². The van der Waals surface area contributed by atoms with Crippen LogP contribution in [0.3, 0.4) is 0 Å². The molecule has 1 atom stereocenters. The van der Waals surface area contributed by atoms with Crippen molar-refractivity contribution in [3.8, 4) is 0 Å². The lowest BCUT2D eigenvalue weighted by atomic mass is 10.0. The van der Waals surface area contributed by atoms with Gasteiger partial charge in [-0.05, 0) is 32.2 Å². The normalized spacial score (nSPS) is 13.5. The van der Waals surface area contributed by atoms with E-state index < -0.39 is 0 Å². The summed E-state index contributed by atoms with van der Waals surface area (Å²) >= 11 is 1.66. The maximum Gasteiger partial charge on any atom is 0.221 e. The molecule has 16 heavy (non-hydrogen) atoms. The fourth-order valence-electron chi connectivity index (χ4n) is 1.52. The molecule has 0 aromatic carbocycles. The first-order valence-corrected chi connectivity index (χ1v) is 6.35. The highest BCUT2D eigenvalue weighted by Gasteiger charge is 2.19. The molecule has 1 rings (SSSR count). The van der Waals surface area contributed by atoms with E-state index in [1.165, 1.54) is 4.88 Å². The van der Waals surface area contributed by atoms with Gasteiger partial charge in [-0.3, -0.25) is 4.79 Å². The Morgan fingerprint density at radius 1 is 1.56 bits per heavy atom. The van der Waals surface area contributed by atoms with Crippen LogP contribution in [0.1, 0.15) is 38.0 Å². The average molecular weight is 240 g/mol. The molecule has 0 spiro atoms. The standard InChI is InChI=1S/C12H20N2OS/c1-12(2,3)14-11(15)7-9(8-13)10-5-4-6-16-10/h4-6,9H,7-8,13H2,1-3H3,(H,14,15).